The maximum Gasteiger partial charge on any atom is 0.416 e. The fourth-order valence-corrected chi connectivity index (χ4v) is 3.28. The highest BCUT2D eigenvalue weighted by atomic mass is 32.2. The van der Waals surface area contributed by atoms with Crippen molar-refractivity contribution in [3.8, 4) is 0 Å². The van der Waals surface area contributed by atoms with E-state index in [9.17, 15) is 27.9 Å². The molecular formula is C18H23F3O4S. The molecule has 146 valence electrons. The number of hydrogen-bond acceptors (Lipinski definition) is 4. The molecule has 1 aromatic rings. The highest BCUT2D eigenvalue weighted by molar-refractivity contribution is 7.99. The summed E-state index contributed by atoms with van der Waals surface area (Å²) >= 11 is 1.17. The van der Waals surface area contributed by atoms with Gasteiger partial charge in [0.05, 0.1) is 5.56 Å². The number of halogens is 3. The minimum Gasteiger partial charge on any atom is -0.481 e. The molecule has 0 aliphatic rings. The van der Waals surface area contributed by atoms with Gasteiger partial charge in [0, 0.05) is 10.5 Å². The molecule has 0 heterocycles. The van der Waals surface area contributed by atoms with Crippen molar-refractivity contribution in [3.05, 3.63) is 35.4 Å². The van der Waals surface area contributed by atoms with Crippen LogP contribution in [0.3, 0.4) is 0 Å². The van der Waals surface area contributed by atoms with Gasteiger partial charge < -0.3 is 9.84 Å². The van der Waals surface area contributed by atoms with Gasteiger partial charge in [-0.2, -0.15) is 13.2 Å². The van der Waals surface area contributed by atoms with Crippen LogP contribution in [0.15, 0.2) is 24.3 Å². The zero-order valence-electron chi connectivity index (χ0n) is 15.3. The fourth-order valence-electron chi connectivity index (χ4n) is 2.19. The van der Waals surface area contributed by atoms with Crippen LogP contribution in [0.2, 0.25) is 0 Å². The summed E-state index contributed by atoms with van der Waals surface area (Å²) in [4.78, 5) is 23.9. The first kappa shape index (κ1) is 22.3. The molecule has 0 spiro atoms. The smallest absolute Gasteiger partial charge is 0.416 e. The molecule has 0 radical (unpaired) electrons. The Hall–Kier alpha value is -1.70. The zero-order chi connectivity index (χ0) is 20.3. The van der Waals surface area contributed by atoms with Crippen molar-refractivity contribution >= 4 is 23.7 Å². The van der Waals surface area contributed by atoms with Crippen molar-refractivity contribution in [2.75, 3.05) is 0 Å². The quantitative estimate of drug-likeness (QED) is 0.559. The number of rotatable bonds is 6. The predicted octanol–water partition coefficient (Wildman–Crippen LogP) is 4.76. The third-order valence-electron chi connectivity index (χ3n) is 3.48. The largest absolute Gasteiger partial charge is 0.481 e. The Bertz CT molecular complexity index is 646. The van der Waals surface area contributed by atoms with Gasteiger partial charge in [-0.15, -0.1) is 11.8 Å². The number of carbonyl (C=O) groups excluding carboxylic acids is 1. The van der Waals surface area contributed by atoms with Crippen LogP contribution in [0.4, 0.5) is 13.2 Å². The minimum atomic E-state index is -4.41. The second-order valence-corrected chi connectivity index (χ2v) is 9.02. The molecule has 1 unspecified atom stereocenters. The average Bonchev–Trinajstić information content (AvgIpc) is 2.42. The molecule has 0 amide bonds. The number of carbonyl (C=O) groups is 2. The van der Waals surface area contributed by atoms with E-state index in [-0.39, 0.29) is 5.75 Å². The second kappa shape index (κ2) is 7.90. The van der Waals surface area contributed by atoms with E-state index in [2.05, 4.69) is 0 Å². The summed E-state index contributed by atoms with van der Waals surface area (Å²) in [7, 11) is 0. The highest BCUT2D eigenvalue weighted by Crippen LogP contribution is 2.37. The van der Waals surface area contributed by atoms with Crippen molar-refractivity contribution in [1.82, 2.24) is 0 Å². The van der Waals surface area contributed by atoms with Gasteiger partial charge in [-0.1, -0.05) is 12.1 Å². The van der Waals surface area contributed by atoms with Crippen molar-refractivity contribution < 1.29 is 32.6 Å². The first-order chi connectivity index (χ1) is 11.6. The van der Waals surface area contributed by atoms with Crippen LogP contribution in [0.1, 0.15) is 45.7 Å². The molecule has 1 atom stereocenters. The summed E-state index contributed by atoms with van der Waals surface area (Å²) in [6.45, 7) is 8.14. The molecule has 0 bridgehead atoms. The molecule has 0 fully saturated rings. The number of thioether (sulfide) groups is 1. The van der Waals surface area contributed by atoms with Crippen LogP contribution in [0, 0.1) is 5.92 Å². The van der Waals surface area contributed by atoms with Crippen LogP contribution in [-0.2, 0) is 26.3 Å². The first-order valence-electron chi connectivity index (χ1n) is 7.89. The van der Waals surface area contributed by atoms with Crippen molar-refractivity contribution in [2.45, 2.75) is 56.9 Å². The standard InChI is InChI=1S/C18H23F3O4S/c1-16(2,3)25-15(24)13(14(22)23)17(4,5)26-10-11-6-8-12(9-7-11)18(19,20)21/h6-9,13H,10H2,1-5H3,(H,22,23). The topological polar surface area (TPSA) is 63.6 Å². The Morgan fingerprint density at radius 2 is 1.58 bits per heavy atom. The zero-order valence-corrected chi connectivity index (χ0v) is 16.1. The van der Waals surface area contributed by atoms with E-state index in [1.54, 1.807) is 34.6 Å². The van der Waals surface area contributed by atoms with Gasteiger partial charge >= 0.3 is 18.1 Å². The second-order valence-electron chi connectivity index (χ2n) is 7.39. The van der Waals surface area contributed by atoms with E-state index >= 15 is 0 Å². The molecule has 0 saturated carbocycles. The van der Waals surface area contributed by atoms with Gasteiger partial charge in [0.2, 0.25) is 0 Å². The Morgan fingerprint density at radius 1 is 1.08 bits per heavy atom. The number of carboxylic acids is 1. The monoisotopic (exact) mass is 392 g/mol. The Balaban J connectivity index is 2.87. The number of alkyl halides is 3. The Morgan fingerprint density at radius 3 is 1.96 bits per heavy atom. The summed E-state index contributed by atoms with van der Waals surface area (Å²) in [5, 5.41) is 9.46. The van der Waals surface area contributed by atoms with Crippen LogP contribution in [-0.4, -0.2) is 27.4 Å². The van der Waals surface area contributed by atoms with Gasteiger partial charge in [-0.05, 0) is 52.3 Å². The fraction of sp³-hybridized carbons (Fsp3) is 0.556. The number of benzene rings is 1. The van der Waals surface area contributed by atoms with E-state index in [1.807, 2.05) is 0 Å². The third-order valence-corrected chi connectivity index (χ3v) is 4.93. The van der Waals surface area contributed by atoms with Crippen LogP contribution < -0.4 is 0 Å². The lowest BCUT2D eigenvalue weighted by atomic mass is 9.94. The molecular weight excluding hydrogens is 369 g/mol. The molecule has 1 rings (SSSR count). The summed E-state index contributed by atoms with van der Waals surface area (Å²) in [6.07, 6.45) is -4.41. The van der Waals surface area contributed by atoms with Gasteiger partial charge in [-0.25, -0.2) is 0 Å². The SMILES string of the molecule is CC(C)(C)OC(=O)C(C(=O)O)C(C)(C)SCc1ccc(C(F)(F)F)cc1. The molecule has 1 aromatic carbocycles. The van der Waals surface area contributed by atoms with Crippen LogP contribution >= 0.6 is 11.8 Å². The molecule has 4 nitrogen and oxygen atoms in total. The maximum atomic E-state index is 12.6. The van der Waals surface area contributed by atoms with Gasteiger partial charge in [0.1, 0.15) is 5.60 Å². The third kappa shape index (κ3) is 6.55. The van der Waals surface area contributed by atoms with Crippen molar-refractivity contribution in [1.29, 1.82) is 0 Å². The molecule has 0 aliphatic heterocycles. The van der Waals surface area contributed by atoms with Crippen LogP contribution in [0.5, 0.6) is 0 Å². The van der Waals surface area contributed by atoms with E-state index in [1.165, 1.54) is 23.9 Å². The molecule has 0 aromatic heterocycles. The lowest BCUT2D eigenvalue weighted by Gasteiger charge is -2.31. The number of carboxylic acid groups (broad SMARTS) is 1. The number of ether oxygens (including phenoxy) is 1. The lowest BCUT2D eigenvalue weighted by molar-refractivity contribution is -0.168. The lowest BCUT2D eigenvalue weighted by Crippen LogP contribution is -2.43. The molecule has 26 heavy (non-hydrogen) atoms. The van der Waals surface area contributed by atoms with Gasteiger partial charge in [0.15, 0.2) is 5.92 Å². The molecule has 8 heteroatoms. The molecule has 0 saturated heterocycles. The van der Waals surface area contributed by atoms with Crippen molar-refractivity contribution in [3.63, 3.8) is 0 Å². The van der Waals surface area contributed by atoms with E-state index in [0.717, 1.165) is 12.1 Å². The normalized spacial score (nSPS) is 14.0. The van der Waals surface area contributed by atoms with E-state index in [0.29, 0.717) is 5.56 Å². The number of esters is 1. The number of aliphatic carboxylic acids is 1. The first-order valence-corrected chi connectivity index (χ1v) is 8.88. The summed E-state index contributed by atoms with van der Waals surface area (Å²) in [5.74, 6) is -3.28. The van der Waals surface area contributed by atoms with E-state index < -0.39 is 39.9 Å². The van der Waals surface area contributed by atoms with E-state index in [4.69, 9.17) is 4.74 Å². The Labute approximate surface area is 155 Å². The van der Waals surface area contributed by atoms with Crippen molar-refractivity contribution in [2.24, 2.45) is 5.92 Å². The highest BCUT2D eigenvalue weighted by Gasteiger charge is 2.44. The summed E-state index contributed by atoms with van der Waals surface area (Å²) in [6, 6.07) is 4.64. The number of hydrogen-bond donors (Lipinski definition) is 1. The predicted molar refractivity (Wildman–Crippen MR) is 93.8 cm³/mol. The van der Waals surface area contributed by atoms with Crippen LogP contribution in [0.25, 0.3) is 0 Å². The molecule has 0 aliphatic carbocycles. The maximum absolute atomic E-state index is 12.6. The average molecular weight is 392 g/mol. The Kier molecular flexibility index (Phi) is 6.79. The van der Waals surface area contributed by atoms with Gasteiger partial charge in [-0.3, -0.25) is 9.59 Å². The summed E-state index contributed by atoms with van der Waals surface area (Å²) in [5.41, 5.74) is -0.967. The minimum absolute atomic E-state index is 0.262. The van der Waals surface area contributed by atoms with Gasteiger partial charge in [0.25, 0.3) is 0 Å². The summed E-state index contributed by atoms with van der Waals surface area (Å²) < 4.78 is 42.0. The molecule has 1 N–H and O–H groups in total.